The molecule has 1 aliphatic heterocycles. The van der Waals surface area contributed by atoms with Crippen molar-refractivity contribution < 1.29 is 23.0 Å². The van der Waals surface area contributed by atoms with Gasteiger partial charge in [-0.05, 0) is 20.8 Å². The molecule has 0 aromatic heterocycles. The molecule has 7 heteroatoms. The summed E-state index contributed by atoms with van der Waals surface area (Å²) in [5.74, 6) is -1.85. The molecule has 0 N–H and O–H groups in total. The van der Waals surface area contributed by atoms with E-state index in [4.69, 9.17) is 14.7 Å². The monoisotopic (exact) mass is 324 g/mol. The lowest BCUT2D eigenvalue weighted by Gasteiger charge is -2.39. The Hall–Kier alpha value is -2.36. The number of amides is 1. The molecule has 0 unspecified atom stereocenters. The lowest BCUT2D eigenvalue weighted by atomic mass is 10.0. The van der Waals surface area contributed by atoms with Crippen LogP contribution in [-0.2, 0) is 4.74 Å². The maximum Gasteiger partial charge on any atom is 0.410 e. The summed E-state index contributed by atoms with van der Waals surface area (Å²) in [6.07, 6.45) is -0.400. The number of carbonyl (C=O) groups is 1. The number of halogens is 2. The Morgan fingerprint density at radius 1 is 1.39 bits per heavy atom. The zero-order valence-corrected chi connectivity index (χ0v) is 13.2. The number of carbonyl (C=O) groups excluding carboxylic acids is 1. The molecule has 2 rings (SSSR count). The number of hydrogen-bond donors (Lipinski definition) is 0. The Morgan fingerprint density at radius 2 is 2.04 bits per heavy atom. The highest BCUT2D eigenvalue weighted by Crippen LogP contribution is 2.25. The molecular formula is C16H18F2N2O3. The minimum Gasteiger partial charge on any atom is -0.492 e. The van der Waals surface area contributed by atoms with Crippen LogP contribution < -0.4 is 4.74 Å². The van der Waals surface area contributed by atoms with Gasteiger partial charge in [-0.1, -0.05) is 0 Å². The van der Waals surface area contributed by atoms with Crippen molar-refractivity contribution in [3.05, 3.63) is 29.3 Å². The second kappa shape index (κ2) is 6.41. The molecule has 1 fully saturated rings. The maximum absolute atomic E-state index is 13.4. The van der Waals surface area contributed by atoms with Gasteiger partial charge in [0.15, 0.2) is 0 Å². The number of benzene rings is 1. The highest BCUT2D eigenvalue weighted by molar-refractivity contribution is 5.69. The van der Waals surface area contributed by atoms with Crippen molar-refractivity contribution in [2.45, 2.75) is 26.4 Å². The van der Waals surface area contributed by atoms with E-state index in [9.17, 15) is 13.6 Å². The third-order valence-electron chi connectivity index (χ3n) is 3.21. The van der Waals surface area contributed by atoms with Crippen LogP contribution >= 0.6 is 0 Å². The standard InChI is InChI=1S/C16H18F2N2O3/c1-16(2,3)23-15(21)20-7-10(8-20)9-22-14-5-11(17)4-13(18)12(14)6-19/h4-5,10H,7-9H2,1-3H3. The molecule has 0 radical (unpaired) electrons. The molecule has 1 heterocycles. The highest BCUT2D eigenvalue weighted by Gasteiger charge is 2.34. The molecule has 5 nitrogen and oxygen atoms in total. The van der Waals surface area contributed by atoms with E-state index in [1.165, 1.54) is 4.90 Å². The summed E-state index contributed by atoms with van der Waals surface area (Å²) in [7, 11) is 0. The van der Waals surface area contributed by atoms with Gasteiger partial charge in [-0.3, -0.25) is 0 Å². The van der Waals surface area contributed by atoms with Gasteiger partial charge in [-0.25, -0.2) is 13.6 Å². The second-order valence-electron chi connectivity index (χ2n) is 6.43. The summed E-state index contributed by atoms with van der Waals surface area (Å²) >= 11 is 0. The smallest absolute Gasteiger partial charge is 0.410 e. The van der Waals surface area contributed by atoms with Gasteiger partial charge in [-0.2, -0.15) is 5.26 Å². The fraction of sp³-hybridized carbons (Fsp3) is 0.500. The molecule has 1 aromatic rings. The minimum atomic E-state index is -0.952. The lowest BCUT2D eigenvalue weighted by molar-refractivity contribution is -0.00785. The maximum atomic E-state index is 13.4. The number of nitrogens with zero attached hydrogens (tertiary/aromatic N) is 2. The number of likely N-dealkylation sites (tertiary alicyclic amines) is 1. The van der Waals surface area contributed by atoms with Crippen LogP contribution in [0.25, 0.3) is 0 Å². The fourth-order valence-corrected chi connectivity index (χ4v) is 2.13. The molecule has 23 heavy (non-hydrogen) atoms. The lowest BCUT2D eigenvalue weighted by Crippen LogP contribution is -2.53. The molecule has 0 saturated carbocycles. The van der Waals surface area contributed by atoms with Crippen LogP contribution in [0.15, 0.2) is 12.1 Å². The Kier molecular flexibility index (Phi) is 4.73. The topological polar surface area (TPSA) is 62.6 Å². The predicted octanol–water partition coefficient (Wildman–Crippen LogP) is 3.08. The van der Waals surface area contributed by atoms with Gasteiger partial charge in [0.25, 0.3) is 0 Å². The summed E-state index contributed by atoms with van der Waals surface area (Å²) in [4.78, 5) is 13.3. The Bertz CT molecular complexity index is 644. The first-order valence-electron chi connectivity index (χ1n) is 7.19. The quantitative estimate of drug-likeness (QED) is 0.857. The van der Waals surface area contributed by atoms with E-state index in [1.807, 2.05) is 0 Å². The Labute approximate surface area is 133 Å². The number of hydrogen-bond acceptors (Lipinski definition) is 4. The summed E-state index contributed by atoms with van der Waals surface area (Å²) in [5.41, 5.74) is -0.880. The van der Waals surface area contributed by atoms with E-state index in [-0.39, 0.29) is 23.8 Å². The van der Waals surface area contributed by atoms with Crippen LogP contribution in [0.4, 0.5) is 13.6 Å². The molecule has 1 saturated heterocycles. The Morgan fingerprint density at radius 3 is 2.61 bits per heavy atom. The van der Waals surface area contributed by atoms with Crippen molar-refractivity contribution in [1.29, 1.82) is 5.26 Å². The van der Waals surface area contributed by atoms with E-state index in [0.29, 0.717) is 19.2 Å². The van der Waals surface area contributed by atoms with Gasteiger partial charge in [0, 0.05) is 31.1 Å². The summed E-state index contributed by atoms with van der Waals surface area (Å²) in [6, 6.07) is 3.27. The van der Waals surface area contributed by atoms with Gasteiger partial charge in [-0.15, -0.1) is 0 Å². The van der Waals surface area contributed by atoms with E-state index in [1.54, 1.807) is 26.8 Å². The molecule has 1 aromatic carbocycles. The van der Waals surface area contributed by atoms with Crippen LogP contribution in [-0.4, -0.2) is 36.3 Å². The first-order valence-corrected chi connectivity index (χ1v) is 7.19. The zero-order valence-electron chi connectivity index (χ0n) is 13.2. The average Bonchev–Trinajstić information content (AvgIpc) is 2.33. The first kappa shape index (κ1) is 17.0. The van der Waals surface area contributed by atoms with E-state index < -0.39 is 23.3 Å². The highest BCUT2D eigenvalue weighted by atomic mass is 19.1. The van der Waals surface area contributed by atoms with Gasteiger partial charge >= 0.3 is 6.09 Å². The fourth-order valence-electron chi connectivity index (χ4n) is 2.13. The van der Waals surface area contributed by atoms with Crippen molar-refractivity contribution in [1.82, 2.24) is 4.90 Å². The van der Waals surface area contributed by atoms with Gasteiger partial charge in [0.05, 0.1) is 6.61 Å². The largest absolute Gasteiger partial charge is 0.492 e. The zero-order chi connectivity index (χ0) is 17.2. The van der Waals surface area contributed by atoms with Crippen LogP contribution in [0, 0.1) is 28.9 Å². The van der Waals surface area contributed by atoms with Gasteiger partial charge in [0.1, 0.15) is 34.6 Å². The molecule has 0 spiro atoms. The van der Waals surface area contributed by atoms with E-state index in [0.717, 1.165) is 6.07 Å². The molecule has 0 bridgehead atoms. The van der Waals surface area contributed by atoms with Crippen LogP contribution in [0.1, 0.15) is 26.3 Å². The Balaban J connectivity index is 1.86. The van der Waals surface area contributed by atoms with Gasteiger partial charge < -0.3 is 14.4 Å². The third-order valence-corrected chi connectivity index (χ3v) is 3.21. The molecule has 1 amide bonds. The van der Waals surface area contributed by atoms with Crippen molar-refractivity contribution in [2.75, 3.05) is 19.7 Å². The summed E-state index contributed by atoms with van der Waals surface area (Å²) in [5, 5.41) is 8.89. The van der Waals surface area contributed by atoms with Crippen molar-refractivity contribution in [2.24, 2.45) is 5.92 Å². The van der Waals surface area contributed by atoms with E-state index in [2.05, 4.69) is 0 Å². The average molecular weight is 324 g/mol. The minimum absolute atomic E-state index is 0.0281. The normalized spacial score (nSPS) is 14.9. The van der Waals surface area contributed by atoms with Crippen LogP contribution in [0.3, 0.4) is 0 Å². The predicted molar refractivity (Wildman–Crippen MR) is 77.9 cm³/mol. The SMILES string of the molecule is CC(C)(C)OC(=O)N1CC(COc2cc(F)cc(F)c2C#N)C1. The molecule has 0 atom stereocenters. The number of rotatable bonds is 3. The van der Waals surface area contributed by atoms with E-state index >= 15 is 0 Å². The first-order chi connectivity index (χ1) is 10.7. The van der Waals surface area contributed by atoms with Gasteiger partial charge in [0.2, 0.25) is 0 Å². The molecule has 0 aliphatic carbocycles. The van der Waals surface area contributed by atoms with Crippen molar-refractivity contribution >= 4 is 6.09 Å². The van der Waals surface area contributed by atoms with Crippen molar-refractivity contribution in [3.8, 4) is 11.8 Å². The second-order valence-corrected chi connectivity index (χ2v) is 6.43. The number of nitriles is 1. The molecule has 1 aliphatic rings. The van der Waals surface area contributed by atoms with Crippen LogP contribution in [0.2, 0.25) is 0 Å². The van der Waals surface area contributed by atoms with Crippen LogP contribution in [0.5, 0.6) is 5.75 Å². The molecular weight excluding hydrogens is 306 g/mol. The third kappa shape index (κ3) is 4.31. The molecule has 124 valence electrons. The summed E-state index contributed by atoms with van der Waals surface area (Å²) in [6.45, 7) is 6.40. The summed E-state index contributed by atoms with van der Waals surface area (Å²) < 4.78 is 37.2. The number of ether oxygens (including phenoxy) is 2. The van der Waals surface area contributed by atoms with Crippen molar-refractivity contribution in [3.63, 3.8) is 0 Å².